The van der Waals surface area contributed by atoms with Gasteiger partial charge < -0.3 is 4.90 Å². The Morgan fingerprint density at radius 2 is 1.81 bits per heavy atom. The predicted molar refractivity (Wildman–Crippen MR) is 74.3 cm³/mol. The highest BCUT2D eigenvalue weighted by Gasteiger charge is 2.31. The van der Waals surface area contributed by atoms with Crippen molar-refractivity contribution in [2.45, 2.75) is 36.7 Å². The maximum Gasteiger partial charge on any atom is 0.321 e. The number of rotatable bonds is 6. The van der Waals surface area contributed by atoms with Crippen molar-refractivity contribution in [1.29, 1.82) is 0 Å². The van der Waals surface area contributed by atoms with Gasteiger partial charge in [-0.25, -0.2) is 4.79 Å². The van der Waals surface area contributed by atoms with Gasteiger partial charge in [0.15, 0.2) is 4.08 Å². The zero-order valence-electron chi connectivity index (χ0n) is 10.6. The molecule has 0 rings (SSSR count). The normalized spacial score (nSPS) is 11.6. The fraction of sp³-hybridized carbons (Fsp3) is 0.900. The molecule has 16 heavy (non-hydrogen) atoms. The van der Waals surface area contributed by atoms with Crippen molar-refractivity contribution in [2.75, 3.05) is 20.6 Å². The first-order valence-electron chi connectivity index (χ1n) is 5.67. The number of halogens is 2. The standard InChI is InChI=1S/C10H22Cl2N2OSi/c1-4-5-6-7-8-14(10(11,12)16)9(15)13(2)3/h4-8H2,1-3,16H3. The highest BCUT2D eigenvalue weighted by molar-refractivity contribution is 6.65. The molecule has 0 N–H and O–H groups in total. The fourth-order valence-corrected chi connectivity index (χ4v) is 2.13. The highest BCUT2D eigenvalue weighted by atomic mass is 35.5. The third-order valence-corrected chi connectivity index (χ3v) is 3.27. The lowest BCUT2D eigenvalue weighted by Gasteiger charge is -2.33. The van der Waals surface area contributed by atoms with Crippen LogP contribution in [0.2, 0.25) is 0 Å². The number of unbranched alkanes of at least 4 members (excludes halogenated alkanes) is 3. The summed E-state index contributed by atoms with van der Waals surface area (Å²) in [5.41, 5.74) is 0. The second-order valence-electron chi connectivity index (χ2n) is 4.23. The molecule has 0 aliphatic carbocycles. The average molecular weight is 285 g/mol. The molecule has 0 atom stereocenters. The molecule has 6 heteroatoms. The number of nitrogens with zero attached hydrogens (tertiary/aromatic N) is 2. The average Bonchev–Trinajstić information content (AvgIpc) is 2.14. The number of carbonyl (C=O) groups excluding carboxylic acids is 1. The minimum absolute atomic E-state index is 0.114. The third kappa shape index (κ3) is 5.96. The van der Waals surface area contributed by atoms with E-state index in [9.17, 15) is 4.79 Å². The Morgan fingerprint density at radius 3 is 2.19 bits per heavy atom. The van der Waals surface area contributed by atoms with Crippen molar-refractivity contribution in [1.82, 2.24) is 9.80 Å². The van der Waals surface area contributed by atoms with Gasteiger partial charge in [0.25, 0.3) is 0 Å². The lowest BCUT2D eigenvalue weighted by molar-refractivity contribution is 0.169. The summed E-state index contributed by atoms with van der Waals surface area (Å²) in [6.45, 7) is 2.79. The summed E-state index contributed by atoms with van der Waals surface area (Å²) in [5, 5.41) is 0. The first kappa shape index (κ1) is 16.1. The Kier molecular flexibility index (Phi) is 7.43. The van der Waals surface area contributed by atoms with E-state index in [0.717, 1.165) is 12.8 Å². The van der Waals surface area contributed by atoms with Crippen molar-refractivity contribution in [3.8, 4) is 0 Å². The number of alkyl halides is 2. The molecule has 0 bridgehead atoms. The van der Waals surface area contributed by atoms with Crippen LogP contribution in [0, 0.1) is 0 Å². The zero-order valence-corrected chi connectivity index (χ0v) is 14.1. The van der Waals surface area contributed by atoms with E-state index in [1.165, 1.54) is 17.7 Å². The zero-order chi connectivity index (χ0) is 12.8. The SMILES string of the molecule is CCCCCCN(C(=O)N(C)C)C([SiH3])(Cl)Cl. The molecule has 0 heterocycles. The Morgan fingerprint density at radius 1 is 1.25 bits per heavy atom. The third-order valence-electron chi connectivity index (χ3n) is 2.32. The van der Waals surface area contributed by atoms with Gasteiger partial charge in [0.05, 0.1) is 10.2 Å². The van der Waals surface area contributed by atoms with Crippen LogP contribution in [0.25, 0.3) is 0 Å². The Labute approximate surface area is 111 Å². The molecule has 0 spiro atoms. The molecule has 0 unspecified atom stereocenters. The molecule has 0 fully saturated rings. The lowest BCUT2D eigenvalue weighted by Crippen LogP contribution is -2.49. The van der Waals surface area contributed by atoms with Crippen LogP contribution in [0.15, 0.2) is 0 Å². The van der Waals surface area contributed by atoms with Crippen LogP contribution in [0.4, 0.5) is 4.79 Å². The summed E-state index contributed by atoms with van der Waals surface area (Å²) in [5.74, 6) is 0. The van der Waals surface area contributed by atoms with Gasteiger partial charge in [0, 0.05) is 20.6 Å². The number of amides is 2. The first-order chi connectivity index (χ1) is 7.30. The molecule has 3 nitrogen and oxygen atoms in total. The van der Waals surface area contributed by atoms with Gasteiger partial charge in [0.2, 0.25) is 0 Å². The van der Waals surface area contributed by atoms with E-state index in [0.29, 0.717) is 16.8 Å². The van der Waals surface area contributed by atoms with Crippen LogP contribution in [-0.2, 0) is 0 Å². The van der Waals surface area contributed by atoms with E-state index in [1.54, 1.807) is 19.0 Å². The Bertz CT molecular complexity index is 219. The molecule has 96 valence electrons. The van der Waals surface area contributed by atoms with Crippen LogP contribution in [-0.4, -0.2) is 50.8 Å². The van der Waals surface area contributed by atoms with Crippen molar-refractivity contribution in [3.63, 3.8) is 0 Å². The molecule has 0 aromatic rings. The Balaban J connectivity index is 4.29. The van der Waals surface area contributed by atoms with Gasteiger partial charge in [-0.05, 0) is 6.42 Å². The lowest BCUT2D eigenvalue weighted by atomic mass is 10.2. The largest absolute Gasteiger partial charge is 0.331 e. The molecule has 0 saturated heterocycles. The van der Waals surface area contributed by atoms with E-state index in [4.69, 9.17) is 23.2 Å². The molecule has 0 aliphatic rings. The monoisotopic (exact) mass is 284 g/mol. The number of hydrogen-bond donors (Lipinski definition) is 0. The molecular formula is C10H22Cl2N2OSi. The van der Waals surface area contributed by atoms with Gasteiger partial charge in [0.1, 0.15) is 0 Å². The summed E-state index contributed by atoms with van der Waals surface area (Å²) in [6, 6.07) is -0.114. The second kappa shape index (κ2) is 7.40. The van der Waals surface area contributed by atoms with Crippen molar-refractivity contribution < 1.29 is 4.79 Å². The van der Waals surface area contributed by atoms with E-state index in [2.05, 4.69) is 6.92 Å². The summed E-state index contributed by atoms with van der Waals surface area (Å²) in [4.78, 5) is 14.9. The first-order valence-corrected chi connectivity index (χ1v) is 7.43. The van der Waals surface area contributed by atoms with E-state index in [1.807, 2.05) is 0 Å². The van der Waals surface area contributed by atoms with E-state index >= 15 is 0 Å². The summed E-state index contributed by atoms with van der Waals surface area (Å²) in [6.07, 6.45) is 4.42. The summed E-state index contributed by atoms with van der Waals surface area (Å²) in [7, 11) is 3.95. The molecule has 0 aromatic heterocycles. The van der Waals surface area contributed by atoms with Gasteiger partial charge in [-0.3, -0.25) is 4.90 Å². The number of carbonyl (C=O) groups is 1. The van der Waals surface area contributed by atoms with E-state index < -0.39 is 4.08 Å². The predicted octanol–water partition coefficient (Wildman–Crippen LogP) is 2.00. The molecule has 2 amide bonds. The van der Waals surface area contributed by atoms with Gasteiger partial charge in [-0.15, -0.1) is 0 Å². The minimum Gasteiger partial charge on any atom is -0.331 e. The molecular weight excluding hydrogens is 263 g/mol. The quantitative estimate of drug-likeness (QED) is 0.317. The van der Waals surface area contributed by atoms with Crippen molar-refractivity contribution in [2.24, 2.45) is 0 Å². The van der Waals surface area contributed by atoms with Crippen molar-refractivity contribution >= 4 is 39.5 Å². The van der Waals surface area contributed by atoms with Crippen molar-refractivity contribution in [3.05, 3.63) is 0 Å². The van der Waals surface area contributed by atoms with E-state index in [-0.39, 0.29) is 6.03 Å². The maximum atomic E-state index is 11.9. The Hall–Kier alpha value is 0.0669. The molecule has 0 radical (unpaired) electrons. The summed E-state index contributed by atoms with van der Waals surface area (Å²) < 4.78 is -1.01. The van der Waals surface area contributed by atoms with Gasteiger partial charge in [-0.2, -0.15) is 0 Å². The smallest absolute Gasteiger partial charge is 0.321 e. The summed E-state index contributed by atoms with van der Waals surface area (Å²) >= 11 is 12.1. The van der Waals surface area contributed by atoms with Crippen LogP contribution in [0.1, 0.15) is 32.6 Å². The molecule has 0 aromatic carbocycles. The van der Waals surface area contributed by atoms with Crippen LogP contribution in [0.5, 0.6) is 0 Å². The maximum absolute atomic E-state index is 11.9. The number of urea groups is 1. The fourth-order valence-electron chi connectivity index (χ4n) is 1.40. The minimum atomic E-state index is -1.01. The highest BCUT2D eigenvalue weighted by Crippen LogP contribution is 2.23. The van der Waals surface area contributed by atoms with Gasteiger partial charge in [-0.1, -0.05) is 49.4 Å². The van der Waals surface area contributed by atoms with Crippen LogP contribution in [0.3, 0.4) is 0 Å². The van der Waals surface area contributed by atoms with Crippen LogP contribution < -0.4 is 0 Å². The molecule has 0 saturated carbocycles. The van der Waals surface area contributed by atoms with Crippen LogP contribution >= 0.6 is 23.2 Å². The van der Waals surface area contributed by atoms with Gasteiger partial charge >= 0.3 is 6.03 Å². The second-order valence-corrected chi connectivity index (χ2v) is 8.61. The number of hydrogen-bond acceptors (Lipinski definition) is 1. The topological polar surface area (TPSA) is 23.6 Å². The molecule has 0 aliphatic heterocycles.